The third kappa shape index (κ3) is 4.56. The van der Waals surface area contributed by atoms with Crippen LogP contribution in [0, 0.1) is 0 Å². The van der Waals surface area contributed by atoms with Crippen molar-refractivity contribution in [2.24, 2.45) is 7.05 Å². The lowest BCUT2D eigenvalue weighted by Gasteiger charge is -2.35. The van der Waals surface area contributed by atoms with Crippen LogP contribution in [0.4, 0.5) is 4.79 Å². The number of urea groups is 1. The Morgan fingerprint density at radius 2 is 2.04 bits per heavy atom. The Balaban J connectivity index is 1.44. The number of aryl methyl sites for hydroxylation is 1. The molecule has 0 spiro atoms. The molecule has 0 radical (unpaired) electrons. The fourth-order valence-electron chi connectivity index (χ4n) is 3.05. The van der Waals surface area contributed by atoms with E-state index in [9.17, 15) is 4.79 Å². The van der Waals surface area contributed by atoms with E-state index < -0.39 is 0 Å². The van der Waals surface area contributed by atoms with E-state index >= 15 is 0 Å². The normalized spacial score (nSPS) is 16.8. The fraction of sp³-hybridized carbons (Fsp3) is 0.625. The molecule has 1 saturated heterocycles. The zero-order valence-electron chi connectivity index (χ0n) is 14.9. The first-order chi connectivity index (χ1) is 12.2. The van der Waals surface area contributed by atoms with Gasteiger partial charge in [0, 0.05) is 51.5 Å². The van der Waals surface area contributed by atoms with Crippen LogP contribution in [-0.2, 0) is 13.6 Å². The van der Waals surface area contributed by atoms with Crippen molar-refractivity contribution in [3.63, 3.8) is 0 Å². The highest BCUT2D eigenvalue weighted by atomic mass is 16.2. The van der Waals surface area contributed by atoms with E-state index in [1.807, 2.05) is 29.0 Å². The maximum Gasteiger partial charge on any atom is 0.317 e. The molecule has 25 heavy (non-hydrogen) atoms. The number of carbonyl (C=O) groups is 1. The zero-order valence-corrected chi connectivity index (χ0v) is 14.9. The summed E-state index contributed by atoms with van der Waals surface area (Å²) in [5.41, 5.74) is 1.05. The fourth-order valence-corrected chi connectivity index (χ4v) is 3.05. The molecule has 1 N–H and O–H groups in total. The Kier molecular flexibility index (Phi) is 5.64. The lowest BCUT2D eigenvalue weighted by Crippen LogP contribution is -2.52. The predicted octanol–water partition coefficient (Wildman–Crippen LogP) is 0.490. The van der Waals surface area contributed by atoms with E-state index in [2.05, 4.69) is 32.3 Å². The van der Waals surface area contributed by atoms with Crippen LogP contribution in [0.15, 0.2) is 25.0 Å². The Morgan fingerprint density at radius 1 is 1.24 bits per heavy atom. The molecular formula is C16H26N8O. The summed E-state index contributed by atoms with van der Waals surface area (Å²) in [6, 6.07) is 0.0122. The van der Waals surface area contributed by atoms with Crippen molar-refractivity contribution in [1.29, 1.82) is 0 Å². The molecule has 0 aromatic carbocycles. The van der Waals surface area contributed by atoms with Crippen LogP contribution in [0.3, 0.4) is 0 Å². The molecule has 9 nitrogen and oxygen atoms in total. The Bertz CT molecular complexity index is 659. The second-order valence-electron chi connectivity index (χ2n) is 6.34. The highest BCUT2D eigenvalue weighted by molar-refractivity contribution is 5.74. The van der Waals surface area contributed by atoms with Crippen LogP contribution >= 0.6 is 0 Å². The highest BCUT2D eigenvalue weighted by Gasteiger charge is 2.23. The molecule has 136 valence electrons. The van der Waals surface area contributed by atoms with Gasteiger partial charge in [0.25, 0.3) is 0 Å². The van der Waals surface area contributed by atoms with E-state index in [0.29, 0.717) is 0 Å². The van der Waals surface area contributed by atoms with Crippen molar-refractivity contribution < 1.29 is 4.79 Å². The van der Waals surface area contributed by atoms with Gasteiger partial charge in [0.05, 0.1) is 18.8 Å². The monoisotopic (exact) mass is 346 g/mol. The van der Waals surface area contributed by atoms with Gasteiger partial charge in [-0.25, -0.2) is 9.78 Å². The number of nitrogens with zero attached hydrogens (tertiary/aromatic N) is 7. The standard InChI is InChI=1S/C16H26N8O/c1-3-15(14-10-18-21(2)11-14)20-16(25)23-7-4-22(5-8-23)6-9-24-13-17-12-19-24/h10-13,15H,3-9H2,1-2H3,(H,20,25). The van der Waals surface area contributed by atoms with Crippen molar-refractivity contribution in [1.82, 2.24) is 39.7 Å². The molecule has 1 unspecified atom stereocenters. The topological polar surface area (TPSA) is 84.1 Å². The van der Waals surface area contributed by atoms with Gasteiger partial charge < -0.3 is 10.2 Å². The first kappa shape index (κ1) is 17.4. The molecule has 3 heterocycles. The number of hydrogen-bond acceptors (Lipinski definition) is 5. The molecule has 1 aliphatic rings. The first-order valence-electron chi connectivity index (χ1n) is 8.74. The number of rotatable bonds is 6. The summed E-state index contributed by atoms with van der Waals surface area (Å²) in [5.74, 6) is 0. The van der Waals surface area contributed by atoms with Crippen molar-refractivity contribution in [3.05, 3.63) is 30.6 Å². The Labute approximate surface area is 147 Å². The number of nitrogens with one attached hydrogen (secondary N) is 1. The lowest BCUT2D eigenvalue weighted by atomic mass is 10.1. The molecule has 0 aliphatic carbocycles. The van der Waals surface area contributed by atoms with Crippen molar-refractivity contribution >= 4 is 6.03 Å². The van der Waals surface area contributed by atoms with Gasteiger partial charge in [-0.15, -0.1) is 0 Å². The van der Waals surface area contributed by atoms with Crippen molar-refractivity contribution in [3.8, 4) is 0 Å². The van der Waals surface area contributed by atoms with E-state index in [-0.39, 0.29) is 12.1 Å². The van der Waals surface area contributed by atoms with Gasteiger partial charge in [-0.05, 0) is 6.42 Å². The summed E-state index contributed by atoms with van der Waals surface area (Å²) >= 11 is 0. The first-order valence-corrected chi connectivity index (χ1v) is 8.74. The number of amides is 2. The number of carbonyl (C=O) groups excluding carboxylic acids is 1. The molecule has 2 aromatic rings. The quantitative estimate of drug-likeness (QED) is 0.823. The largest absolute Gasteiger partial charge is 0.331 e. The van der Waals surface area contributed by atoms with E-state index in [1.54, 1.807) is 17.3 Å². The van der Waals surface area contributed by atoms with Gasteiger partial charge in [-0.3, -0.25) is 14.3 Å². The maximum absolute atomic E-state index is 12.5. The van der Waals surface area contributed by atoms with Crippen LogP contribution < -0.4 is 5.32 Å². The van der Waals surface area contributed by atoms with Crippen LogP contribution in [0.25, 0.3) is 0 Å². The van der Waals surface area contributed by atoms with Gasteiger partial charge in [0.15, 0.2) is 0 Å². The third-order valence-corrected chi connectivity index (χ3v) is 4.60. The summed E-state index contributed by atoms with van der Waals surface area (Å²) in [5, 5.41) is 11.4. The Morgan fingerprint density at radius 3 is 2.64 bits per heavy atom. The maximum atomic E-state index is 12.5. The van der Waals surface area contributed by atoms with Crippen molar-refractivity contribution in [2.75, 3.05) is 32.7 Å². The summed E-state index contributed by atoms with van der Waals surface area (Å²) in [7, 11) is 1.89. The third-order valence-electron chi connectivity index (χ3n) is 4.60. The molecule has 9 heteroatoms. The summed E-state index contributed by atoms with van der Waals surface area (Å²) < 4.78 is 3.59. The number of hydrogen-bond donors (Lipinski definition) is 1. The average molecular weight is 346 g/mol. The average Bonchev–Trinajstić information content (AvgIpc) is 3.30. The van der Waals surface area contributed by atoms with Gasteiger partial charge in [-0.1, -0.05) is 6.92 Å². The highest BCUT2D eigenvalue weighted by Crippen LogP contribution is 2.16. The molecule has 3 rings (SSSR count). The van der Waals surface area contributed by atoms with Gasteiger partial charge in [0.2, 0.25) is 0 Å². The van der Waals surface area contributed by atoms with E-state index in [0.717, 1.165) is 51.3 Å². The molecule has 2 amide bonds. The second-order valence-corrected chi connectivity index (χ2v) is 6.34. The minimum absolute atomic E-state index is 0.00606. The summed E-state index contributed by atoms with van der Waals surface area (Å²) in [6.45, 7) is 7.06. The van der Waals surface area contributed by atoms with Crippen LogP contribution in [0.1, 0.15) is 24.9 Å². The van der Waals surface area contributed by atoms with Crippen molar-refractivity contribution in [2.45, 2.75) is 25.9 Å². The molecule has 0 bridgehead atoms. The van der Waals surface area contributed by atoms with Crippen LogP contribution in [0.2, 0.25) is 0 Å². The van der Waals surface area contributed by atoms with Crippen LogP contribution in [-0.4, -0.2) is 73.1 Å². The summed E-state index contributed by atoms with van der Waals surface area (Å²) in [4.78, 5) is 20.7. The smallest absolute Gasteiger partial charge is 0.317 e. The Hall–Kier alpha value is -2.42. The minimum atomic E-state index is 0.00606. The SMILES string of the molecule is CCC(NC(=O)N1CCN(CCn2cncn2)CC1)c1cnn(C)c1. The van der Waals surface area contributed by atoms with E-state index in [4.69, 9.17) is 0 Å². The molecule has 1 fully saturated rings. The van der Waals surface area contributed by atoms with Gasteiger partial charge in [-0.2, -0.15) is 10.2 Å². The lowest BCUT2D eigenvalue weighted by molar-refractivity contribution is 0.133. The van der Waals surface area contributed by atoms with E-state index in [1.165, 1.54) is 0 Å². The molecule has 0 saturated carbocycles. The van der Waals surface area contributed by atoms with Gasteiger partial charge >= 0.3 is 6.03 Å². The molecule has 1 aliphatic heterocycles. The number of piperazine rings is 1. The predicted molar refractivity (Wildman–Crippen MR) is 92.8 cm³/mol. The second kappa shape index (κ2) is 8.11. The molecule has 1 atom stereocenters. The minimum Gasteiger partial charge on any atom is -0.331 e. The zero-order chi connectivity index (χ0) is 17.6. The summed E-state index contributed by atoms with van der Waals surface area (Å²) in [6.07, 6.45) is 7.89. The van der Waals surface area contributed by atoms with Crippen LogP contribution in [0.5, 0.6) is 0 Å². The molecule has 2 aromatic heterocycles. The number of aromatic nitrogens is 5. The van der Waals surface area contributed by atoms with Gasteiger partial charge in [0.1, 0.15) is 12.7 Å². The molecular weight excluding hydrogens is 320 g/mol.